The Morgan fingerprint density at radius 1 is 1.33 bits per heavy atom. The molecule has 6 nitrogen and oxygen atoms in total. The minimum atomic E-state index is -0.964. The Kier molecular flexibility index (Phi) is 4.34. The molecule has 3 atom stereocenters. The highest BCUT2D eigenvalue weighted by Crippen LogP contribution is 2.66. The molecule has 0 spiro atoms. The van der Waals surface area contributed by atoms with E-state index < -0.39 is 5.60 Å². The third-order valence-corrected chi connectivity index (χ3v) is 6.53. The average Bonchev–Trinajstić information content (AvgIpc) is 3.03. The molecule has 1 aromatic heterocycles. The van der Waals surface area contributed by atoms with Crippen LogP contribution >= 0.6 is 0 Å². The minimum absolute atomic E-state index is 0.338. The molecule has 27 heavy (non-hydrogen) atoms. The first-order valence-electron chi connectivity index (χ1n) is 9.84. The number of rotatable bonds is 6. The maximum atomic E-state index is 11.8. The van der Waals surface area contributed by atoms with Gasteiger partial charge in [0.1, 0.15) is 11.3 Å². The molecule has 1 amide bonds. The lowest BCUT2D eigenvalue weighted by atomic mass is 9.84. The fraction of sp³-hybridized carbons (Fsp3) is 0.571. The summed E-state index contributed by atoms with van der Waals surface area (Å²) in [4.78, 5) is 11.8. The van der Waals surface area contributed by atoms with Crippen LogP contribution in [0.25, 0.3) is 0 Å². The fourth-order valence-corrected chi connectivity index (χ4v) is 5.16. The Labute approximate surface area is 159 Å². The molecular formula is C21H28N4O2. The van der Waals surface area contributed by atoms with Gasteiger partial charge in [0.05, 0.1) is 12.2 Å². The second kappa shape index (κ2) is 6.44. The molecule has 2 aromatic rings. The molecule has 1 heterocycles. The van der Waals surface area contributed by atoms with Gasteiger partial charge in [-0.2, -0.15) is 0 Å². The van der Waals surface area contributed by atoms with E-state index in [4.69, 9.17) is 5.73 Å². The van der Waals surface area contributed by atoms with Gasteiger partial charge in [0.2, 0.25) is 5.91 Å². The number of nitrogens with two attached hydrogens (primary N) is 1. The number of hydrogen-bond donors (Lipinski definition) is 2. The van der Waals surface area contributed by atoms with E-state index in [1.807, 2.05) is 29.1 Å². The van der Waals surface area contributed by atoms with E-state index in [0.717, 1.165) is 24.8 Å². The van der Waals surface area contributed by atoms with Gasteiger partial charge >= 0.3 is 0 Å². The largest absolute Gasteiger partial charge is 0.384 e. The highest BCUT2D eigenvalue weighted by Gasteiger charge is 2.59. The molecule has 1 aromatic carbocycles. The van der Waals surface area contributed by atoms with E-state index in [1.165, 1.54) is 0 Å². The molecule has 2 fully saturated rings. The summed E-state index contributed by atoms with van der Waals surface area (Å²) in [5, 5.41) is 18.5. The van der Waals surface area contributed by atoms with Gasteiger partial charge in [-0.15, -0.1) is 5.10 Å². The molecule has 6 heteroatoms. The van der Waals surface area contributed by atoms with Crippen LogP contribution in [0, 0.1) is 17.8 Å². The molecule has 0 bridgehead atoms. The van der Waals surface area contributed by atoms with Crippen LogP contribution in [0.15, 0.2) is 30.5 Å². The minimum Gasteiger partial charge on any atom is -0.384 e. The van der Waals surface area contributed by atoms with Crippen LogP contribution in [-0.4, -0.2) is 26.0 Å². The monoisotopic (exact) mass is 368 g/mol. The third-order valence-electron chi connectivity index (χ3n) is 6.53. The van der Waals surface area contributed by atoms with Crippen molar-refractivity contribution in [1.29, 1.82) is 0 Å². The summed E-state index contributed by atoms with van der Waals surface area (Å²) < 4.78 is 1.93. The average molecular weight is 368 g/mol. The van der Waals surface area contributed by atoms with Crippen LogP contribution in [0.5, 0.6) is 0 Å². The smallest absolute Gasteiger partial charge is 0.248 e. The summed E-state index contributed by atoms with van der Waals surface area (Å²) in [6.45, 7) is 5.65. The molecule has 0 aliphatic heterocycles. The molecule has 0 unspecified atom stereocenters. The van der Waals surface area contributed by atoms with Crippen molar-refractivity contribution in [2.75, 3.05) is 0 Å². The predicted molar refractivity (Wildman–Crippen MR) is 102 cm³/mol. The zero-order chi connectivity index (χ0) is 19.3. The standard InChI is InChI=1S/C21H28N4O2/c1-4-13(14-7-5-6-8-15(14)20(22)26)19-16-9-12(10-17(16)19)25-11-18(23-24-25)21(2,3)27/h5-8,11-13,16-17,19,27H,4,9-10H2,1-3H3,(H2,22,26)/t12?,13-,16+,17+,19?/m1/s1. The van der Waals surface area contributed by atoms with Gasteiger partial charge in [-0.1, -0.05) is 30.3 Å². The lowest BCUT2D eigenvalue weighted by Gasteiger charge is -2.22. The quantitative estimate of drug-likeness (QED) is 0.819. The van der Waals surface area contributed by atoms with Crippen LogP contribution in [0.1, 0.15) is 73.6 Å². The number of nitrogens with zero attached hydrogens (tertiary/aromatic N) is 3. The highest BCUT2D eigenvalue weighted by molar-refractivity contribution is 5.94. The van der Waals surface area contributed by atoms with Crippen molar-refractivity contribution in [2.45, 2.75) is 57.6 Å². The summed E-state index contributed by atoms with van der Waals surface area (Å²) in [5.41, 5.74) is 7.02. The second-order valence-electron chi connectivity index (χ2n) is 8.64. The Morgan fingerprint density at radius 3 is 2.56 bits per heavy atom. The molecule has 4 rings (SSSR count). The van der Waals surface area contributed by atoms with Crippen molar-refractivity contribution >= 4 is 5.91 Å². The maximum absolute atomic E-state index is 11.8. The van der Waals surface area contributed by atoms with Crippen LogP contribution in [0.3, 0.4) is 0 Å². The van der Waals surface area contributed by atoms with E-state index in [9.17, 15) is 9.90 Å². The molecule has 0 saturated heterocycles. The van der Waals surface area contributed by atoms with Gasteiger partial charge in [0, 0.05) is 5.56 Å². The molecule has 3 N–H and O–H groups in total. The fourth-order valence-electron chi connectivity index (χ4n) is 5.16. The Morgan fingerprint density at radius 2 is 2.00 bits per heavy atom. The number of primary amides is 1. The summed E-state index contributed by atoms with van der Waals surface area (Å²) >= 11 is 0. The van der Waals surface area contributed by atoms with Gasteiger partial charge in [-0.3, -0.25) is 4.79 Å². The Balaban J connectivity index is 1.48. The number of aromatic nitrogens is 3. The van der Waals surface area contributed by atoms with E-state index in [-0.39, 0.29) is 5.91 Å². The summed E-state index contributed by atoms with van der Waals surface area (Å²) in [7, 11) is 0. The Hall–Kier alpha value is -2.21. The first-order valence-corrected chi connectivity index (χ1v) is 9.84. The van der Waals surface area contributed by atoms with E-state index in [1.54, 1.807) is 13.8 Å². The van der Waals surface area contributed by atoms with Crippen LogP contribution in [0.4, 0.5) is 0 Å². The van der Waals surface area contributed by atoms with Gasteiger partial charge < -0.3 is 10.8 Å². The first-order chi connectivity index (χ1) is 12.8. The SMILES string of the molecule is CC[C@H](c1ccccc1C(N)=O)C1[C@H]2CC(n3cc(C(C)(C)O)nn3)C[C@H]12. The molecule has 0 radical (unpaired) electrons. The van der Waals surface area contributed by atoms with Crippen LogP contribution in [-0.2, 0) is 5.60 Å². The third kappa shape index (κ3) is 3.16. The van der Waals surface area contributed by atoms with Crippen LogP contribution in [0.2, 0.25) is 0 Å². The number of benzene rings is 1. The van der Waals surface area contributed by atoms with Crippen molar-refractivity contribution in [3.63, 3.8) is 0 Å². The normalized spacial score (nSPS) is 26.0. The van der Waals surface area contributed by atoms with Gasteiger partial charge in [0.25, 0.3) is 0 Å². The summed E-state index contributed by atoms with van der Waals surface area (Å²) in [6.07, 6.45) is 5.06. The molecule has 144 valence electrons. The van der Waals surface area contributed by atoms with Gasteiger partial charge in [0.15, 0.2) is 0 Å². The highest BCUT2D eigenvalue weighted by atomic mass is 16.3. The zero-order valence-electron chi connectivity index (χ0n) is 16.2. The Bertz CT molecular complexity index is 842. The second-order valence-corrected chi connectivity index (χ2v) is 8.64. The van der Waals surface area contributed by atoms with Crippen molar-refractivity contribution < 1.29 is 9.90 Å². The maximum Gasteiger partial charge on any atom is 0.248 e. The first kappa shape index (κ1) is 18.2. The number of hydrogen-bond acceptors (Lipinski definition) is 4. The topological polar surface area (TPSA) is 94.0 Å². The number of aliphatic hydroxyl groups is 1. The predicted octanol–water partition coefficient (Wildman–Crippen LogP) is 3.00. The van der Waals surface area contributed by atoms with E-state index in [0.29, 0.717) is 41.0 Å². The number of carbonyl (C=O) groups is 1. The zero-order valence-corrected chi connectivity index (χ0v) is 16.2. The van der Waals surface area contributed by atoms with Crippen molar-refractivity contribution in [2.24, 2.45) is 23.5 Å². The van der Waals surface area contributed by atoms with Crippen LogP contribution < -0.4 is 5.73 Å². The van der Waals surface area contributed by atoms with Gasteiger partial charge in [-0.25, -0.2) is 4.68 Å². The lowest BCUT2D eigenvalue weighted by Crippen LogP contribution is -2.18. The van der Waals surface area contributed by atoms with Crippen molar-refractivity contribution in [3.8, 4) is 0 Å². The lowest BCUT2D eigenvalue weighted by molar-refractivity contribution is 0.0737. The number of carbonyl (C=O) groups excluding carboxylic acids is 1. The summed E-state index contributed by atoms with van der Waals surface area (Å²) in [6, 6.07) is 8.13. The summed E-state index contributed by atoms with van der Waals surface area (Å²) in [5.74, 6) is 1.98. The van der Waals surface area contributed by atoms with Crippen molar-refractivity contribution in [1.82, 2.24) is 15.0 Å². The molecular weight excluding hydrogens is 340 g/mol. The molecule has 2 aliphatic rings. The van der Waals surface area contributed by atoms with Gasteiger partial charge in [-0.05, 0) is 68.4 Å². The molecule has 2 aliphatic carbocycles. The number of fused-ring (bicyclic) bond motifs is 1. The molecule has 2 saturated carbocycles. The van der Waals surface area contributed by atoms with E-state index in [2.05, 4.69) is 23.3 Å². The van der Waals surface area contributed by atoms with E-state index >= 15 is 0 Å². The van der Waals surface area contributed by atoms with Crippen molar-refractivity contribution in [3.05, 3.63) is 47.3 Å². The number of amides is 1.